The van der Waals surface area contributed by atoms with Gasteiger partial charge in [-0.05, 0) is 12.5 Å². The Balaban J connectivity index is 0.000000456. The van der Waals surface area contributed by atoms with Crippen LogP contribution in [0.15, 0.2) is 54.6 Å². The molecule has 1 aromatic rings. The number of carbonyl (C=O) groups is 4. The number of hydrogen-bond acceptors (Lipinski definition) is 6. The third-order valence-electron chi connectivity index (χ3n) is 3.44. The number of rotatable bonds is 6. The molecule has 0 bridgehead atoms. The summed E-state index contributed by atoms with van der Waals surface area (Å²) >= 11 is 0. The van der Waals surface area contributed by atoms with Crippen LogP contribution in [-0.4, -0.2) is 74.9 Å². The molecule has 0 radical (unpaired) electrons. The molecule has 1 aromatic carbocycles. The molecule has 1 aliphatic rings. The molecular weight excluding hydrogens is 396 g/mol. The second kappa shape index (κ2) is 15.4. The van der Waals surface area contributed by atoms with Crippen molar-refractivity contribution in [3.8, 4) is 0 Å². The average molecular weight is 422 g/mol. The first-order valence-corrected chi connectivity index (χ1v) is 8.87. The van der Waals surface area contributed by atoms with E-state index in [-0.39, 0.29) is 0 Å². The Labute approximate surface area is 173 Å². The van der Waals surface area contributed by atoms with Gasteiger partial charge in [0.15, 0.2) is 0 Å². The lowest BCUT2D eigenvalue weighted by atomic mass is 10.2. The molecule has 0 amide bonds. The number of nitrogens with one attached hydrogen (secondary N) is 1. The zero-order valence-corrected chi connectivity index (χ0v) is 16.5. The van der Waals surface area contributed by atoms with E-state index in [0.29, 0.717) is 30.3 Å². The lowest BCUT2D eigenvalue weighted by Gasteiger charge is -2.31. The van der Waals surface area contributed by atoms with Gasteiger partial charge in [-0.2, -0.15) is 0 Å². The quantitative estimate of drug-likeness (QED) is 0.416. The van der Waals surface area contributed by atoms with E-state index in [1.165, 1.54) is 12.1 Å². The van der Waals surface area contributed by atoms with Gasteiger partial charge in [-0.3, -0.25) is 4.90 Å². The predicted molar refractivity (Wildman–Crippen MR) is 108 cm³/mol. The summed E-state index contributed by atoms with van der Waals surface area (Å²) in [5.74, 6) is -5.03. The Morgan fingerprint density at radius 1 is 0.900 bits per heavy atom. The summed E-state index contributed by atoms with van der Waals surface area (Å²) in [7, 11) is 0. The van der Waals surface area contributed by atoms with Crippen LogP contribution in [0.2, 0.25) is 0 Å². The monoisotopic (exact) mass is 422 g/mol. The summed E-state index contributed by atoms with van der Waals surface area (Å²) < 4.78 is 0. The fourth-order valence-corrected chi connectivity index (χ4v) is 2.28. The number of piperazine rings is 1. The van der Waals surface area contributed by atoms with Crippen molar-refractivity contribution in [3.05, 3.63) is 60.2 Å². The standard InChI is InChI=1S/C12H18N2.2C4H4O4/c1-11-9-14(8-7-13-11)10-12-5-3-2-4-6-12;2*5-3(6)1-2-4(7)8/h2-6,11,13H,7-10H2,1H3;2*1-2H,(H,5,6)(H,7,8)/b;2*2-1+. The molecule has 1 unspecified atom stereocenters. The van der Waals surface area contributed by atoms with E-state index in [4.69, 9.17) is 20.4 Å². The minimum Gasteiger partial charge on any atom is -0.478 e. The molecule has 1 aliphatic heterocycles. The van der Waals surface area contributed by atoms with Gasteiger partial charge in [-0.25, -0.2) is 19.2 Å². The van der Waals surface area contributed by atoms with Crippen LogP contribution in [-0.2, 0) is 25.7 Å². The van der Waals surface area contributed by atoms with E-state index in [1.54, 1.807) is 0 Å². The number of carboxylic acid groups (broad SMARTS) is 4. The van der Waals surface area contributed by atoms with E-state index >= 15 is 0 Å². The van der Waals surface area contributed by atoms with E-state index in [0.717, 1.165) is 19.6 Å². The van der Waals surface area contributed by atoms with Crippen LogP contribution < -0.4 is 5.32 Å². The number of carboxylic acids is 4. The van der Waals surface area contributed by atoms with Crippen LogP contribution in [0.1, 0.15) is 12.5 Å². The van der Waals surface area contributed by atoms with Gasteiger partial charge in [-0.1, -0.05) is 30.3 Å². The normalized spacial score (nSPS) is 16.1. The Kier molecular flexibility index (Phi) is 13.6. The molecule has 1 atom stereocenters. The highest BCUT2D eigenvalue weighted by Gasteiger charge is 2.14. The van der Waals surface area contributed by atoms with Crippen molar-refractivity contribution in [1.82, 2.24) is 10.2 Å². The largest absolute Gasteiger partial charge is 0.478 e. The first-order chi connectivity index (χ1) is 14.1. The van der Waals surface area contributed by atoms with Crippen molar-refractivity contribution in [2.75, 3.05) is 19.6 Å². The molecule has 164 valence electrons. The molecule has 10 nitrogen and oxygen atoms in total. The van der Waals surface area contributed by atoms with Crippen LogP contribution in [0.25, 0.3) is 0 Å². The fraction of sp³-hybridized carbons (Fsp3) is 0.300. The molecule has 1 saturated heterocycles. The molecule has 0 aliphatic carbocycles. The minimum absolute atomic E-state index is 0.558. The molecule has 5 N–H and O–H groups in total. The molecule has 1 fully saturated rings. The molecule has 0 aromatic heterocycles. The van der Waals surface area contributed by atoms with Crippen molar-refractivity contribution >= 4 is 23.9 Å². The third-order valence-corrected chi connectivity index (χ3v) is 3.44. The van der Waals surface area contributed by atoms with Gasteiger partial charge < -0.3 is 25.7 Å². The van der Waals surface area contributed by atoms with Gasteiger partial charge in [0.05, 0.1) is 0 Å². The SMILES string of the molecule is CC1CN(Cc2ccccc2)CCN1.O=C(O)/C=C/C(=O)O.O=C(O)/C=C/C(=O)O. The molecule has 2 rings (SSSR count). The van der Waals surface area contributed by atoms with Gasteiger partial charge in [0, 0.05) is 56.5 Å². The van der Waals surface area contributed by atoms with Gasteiger partial charge in [0.2, 0.25) is 0 Å². The second-order valence-corrected chi connectivity index (χ2v) is 6.10. The number of benzene rings is 1. The Morgan fingerprint density at radius 2 is 1.33 bits per heavy atom. The summed E-state index contributed by atoms with van der Waals surface area (Å²) in [5.41, 5.74) is 1.42. The summed E-state index contributed by atoms with van der Waals surface area (Å²) in [6, 6.07) is 11.3. The number of aliphatic carboxylic acids is 4. The van der Waals surface area contributed by atoms with E-state index < -0.39 is 23.9 Å². The first-order valence-electron chi connectivity index (χ1n) is 8.87. The Bertz CT molecular complexity index is 680. The van der Waals surface area contributed by atoms with Crippen LogP contribution in [0.5, 0.6) is 0 Å². The lowest BCUT2D eigenvalue weighted by molar-refractivity contribution is -0.134. The van der Waals surface area contributed by atoms with Crippen LogP contribution >= 0.6 is 0 Å². The topological polar surface area (TPSA) is 164 Å². The molecule has 0 saturated carbocycles. The molecular formula is C20H26N2O8. The maximum Gasteiger partial charge on any atom is 0.328 e. The van der Waals surface area contributed by atoms with Gasteiger partial charge in [-0.15, -0.1) is 0 Å². The zero-order valence-electron chi connectivity index (χ0n) is 16.5. The maximum atomic E-state index is 9.55. The summed E-state index contributed by atoms with van der Waals surface area (Å²) in [6.45, 7) is 6.78. The van der Waals surface area contributed by atoms with Crippen molar-refractivity contribution in [3.63, 3.8) is 0 Å². The smallest absolute Gasteiger partial charge is 0.328 e. The zero-order chi connectivity index (χ0) is 22.9. The Hall–Kier alpha value is -3.50. The van der Waals surface area contributed by atoms with Crippen LogP contribution in [0.3, 0.4) is 0 Å². The Morgan fingerprint density at radius 3 is 1.70 bits per heavy atom. The molecule has 30 heavy (non-hydrogen) atoms. The fourth-order valence-electron chi connectivity index (χ4n) is 2.28. The second-order valence-electron chi connectivity index (χ2n) is 6.10. The average Bonchev–Trinajstić information content (AvgIpc) is 2.67. The number of hydrogen-bond donors (Lipinski definition) is 5. The van der Waals surface area contributed by atoms with Crippen LogP contribution in [0, 0.1) is 0 Å². The van der Waals surface area contributed by atoms with Crippen molar-refractivity contribution in [2.24, 2.45) is 0 Å². The summed E-state index contributed by atoms with van der Waals surface area (Å²) in [5, 5.41) is 34.7. The molecule has 10 heteroatoms. The third kappa shape index (κ3) is 16.7. The minimum atomic E-state index is -1.26. The van der Waals surface area contributed by atoms with E-state index in [2.05, 4.69) is 47.5 Å². The highest BCUT2D eigenvalue weighted by Crippen LogP contribution is 2.06. The van der Waals surface area contributed by atoms with Gasteiger partial charge in [0.1, 0.15) is 0 Å². The first kappa shape index (κ1) is 26.5. The highest BCUT2D eigenvalue weighted by atomic mass is 16.4. The van der Waals surface area contributed by atoms with Crippen molar-refractivity contribution < 1.29 is 39.6 Å². The summed E-state index contributed by atoms with van der Waals surface area (Å²) in [6.07, 6.45) is 2.23. The van der Waals surface area contributed by atoms with Gasteiger partial charge >= 0.3 is 23.9 Å². The van der Waals surface area contributed by atoms with E-state index in [1.807, 2.05) is 0 Å². The van der Waals surface area contributed by atoms with Crippen molar-refractivity contribution in [1.29, 1.82) is 0 Å². The molecule has 1 heterocycles. The number of nitrogens with zero attached hydrogens (tertiary/aromatic N) is 1. The van der Waals surface area contributed by atoms with Crippen molar-refractivity contribution in [2.45, 2.75) is 19.5 Å². The molecule has 0 spiro atoms. The van der Waals surface area contributed by atoms with Gasteiger partial charge in [0.25, 0.3) is 0 Å². The summed E-state index contributed by atoms with van der Waals surface area (Å²) in [4.78, 5) is 40.7. The lowest BCUT2D eigenvalue weighted by Crippen LogP contribution is -2.48. The van der Waals surface area contributed by atoms with E-state index in [9.17, 15) is 19.2 Å². The highest BCUT2D eigenvalue weighted by molar-refractivity contribution is 5.90. The van der Waals surface area contributed by atoms with Crippen LogP contribution in [0.4, 0.5) is 0 Å². The predicted octanol–water partition coefficient (Wildman–Crippen LogP) is 0.904. The maximum absolute atomic E-state index is 9.55.